The predicted octanol–water partition coefficient (Wildman–Crippen LogP) is 0.106. The average molecular weight is 199 g/mol. The molecule has 1 saturated heterocycles. The smallest absolute Gasteiger partial charge is 0.216 e. The maximum Gasteiger partial charge on any atom is 0.216 e. The normalized spacial score (nSPS) is 24.1. The van der Waals surface area contributed by atoms with Crippen LogP contribution in [-0.4, -0.2) is 55.1 Å². The van der Waals surface area contributed by atoms with Crippen LogP contribution >= 0.6 is 0 Å². The number of hydrogen-bond donors (Lipinski definition) is 1. The third-order valence-electron chi connectivity index (χ3n) is 2.81. The fourth-order valence-electron chi connectivity index (χ4n) is 2.07. The third kappa shape index (κ3) is 2.96. The summed E-state index contributed by atoms with van der Waals surface area (Å²) in [5.41, 5.74) is 0. The largest absolute Gasteiger partial charge is 0.355 e. The summed E-state index contributed by atoms with van der Waals surface area (Å²) >= 11 is 0. The standard InChI is InChI=1S/C10H21N3O/c1-4-10-12(3)7-8-13(10)6-5-11-9(2)14/h10H,4-8H2,1-3H3,(H,11,14). The van der Waals surface area contributed by atoms with E-state index in [1.165, 1.54) is 0 Å². The van der Waals surface area contributed by atoms with Gasteiger partial charge in [-0.15, -0.1) is 0 Å². The van der Waals surface area contributed by atoms with Crippen molar-refractivity contribution < 1.29 is 4.79 Å². The number of amides is 1. The predicted molar refractivity (Wildman–Crippen MR) is 57.0 cm³/mol. The van der Waals surface area contributed by atoms with Crippen LogP contribution < -0.4 is 5.32 Å². The molecule has 0 saturated carbocycles. The molecule has 1 N–H and O–H groups in total. The molecule has 0 aromatic heterocycles. The second-order valence-corrected chi connectivity index (χ2v) is 3.89. The SMILES string of the molecule is CCC1N(C)CCN1CCNC(C)=O. The van der Waals surface area contributed by atoms with E-state index in [1.54, 1.807) is 6.92 Å². The summed E-state index contributed by atoms with van der Waals surface area (Å²) < 4.78 is 0. The highest BCUT2D eigenvalue weighted by atomic mass is 16.1. The number of carbonyl (C=O) groups excluding carboxylic acids is 1. The highest BCUT2D eigenvalue weighted by Crippen LogP contribution is 2.14. The molecule has 1 rings (SSSR count). The van der Waals surface area contributed by atoms with Crippen LogP contribution in [0.5, 0.6) is 0 Å². The minimum atomic E-state index is 0.0607. The van der Waals surface area contributed by atoms with Gasteiger partial charge in [0, 0.05) is 33.1 Å². The molecule has 0 radical (unpaired) electrons. The molecular weight excluding hydrogens is 178 g/mol. The molecule has 1 aliphatic heterocycles. The Morgan fingerprint density at radius 3 is 2.79 bits per heavy atom. The van der Waals surface area contributed by atoms with Crippen molar-refractivity contribution in [3.8, 4) is 0 Å². The number of likely N-dealkylation sites (N-methyl/N-ethyl adjacent to an activating group) is 1. The van der Waals surface area contributed by atoms with Crippen LogP contribution in [0.25, 0.3) is 0 Å². The molecule has 4 nitrogen and oxygen atoms in total. The molecule has 1 unspecified atom stereocenters. The molecule has 1 atom stereocenters. The van der Waals surface area contributed by atoms with E-state index in [2.05, 4.69) is 29.1 Å². The van der Waals surface area contributed by atoms with E-state index in [0.717, 1.165) is 32.6 Å². The van der Waals surface area contributed by atoms with E-state index in [0.29, 0.717) is 6.17 Å². The van der Waals surface area contributed by atoms with Gasteiger partial charge in [0.05, 0.1) is 6.17 Å². The second kappa shape index (κ2) is 5.32. The topological polar surface area (TPSA) is 35.6 Å². The Balaban J connectivity index is 2.26. The molecule has 4 heteroatoms. The number of rotatable bonds is 4. The van der Waals surface area contributed by atoms with Crippen molar-refractivity contribution in [3.63, 3.8) is 0 Å². The molecule has 0 spiro atoms. The summed E-state index contributed by atoms with van der Waals surface area (Å²) in [6.45, 7) is 7.75. The van der Waals surface area contributed by atoms with Crippen LogP contribution in [-0.2, 0) is 4.79 Å². The molecule has 0 bridgehead atoms. The summed E-state index contributed by atoms with van der Waals surface area (Å²) in [6.07, 6.45) is 1.71. The minimum absolute atomic E-state index is 0.0607. The van der Waals surface area contributed by atoms with Gasteiger partial charge in [0.2, 0.25) is 5.91 Å². The van der Waals surface area contributed by atoms with Crippen molar-refractivity contribution in [2.75, 3.05) is 33.2 Å². The molecule has 0 aliphatic carbocycles. The first kappa shape index (κ1) is 11.5. The lowest BCUT2D eigenvalue weighted by molar-refractivity contribution is -0.119. The monoisotopic (exact) mass is 199 g/mol. The van der Waals surface area contributed by atoms with Crippen LogP contribution in [0, 0.1) is 0 Å². The van der Waals surface area contributed by atoms with E-state index < -0.39 is 0 Å². The summed E-state index contributed by atoms with van der Waals surface area (Å²) in [6, 6.07) is 0. The molecule has 1 amide bonds. The molecule has 1 aliphatic rings. The van der Waals surface area contributed by atoms with Crippen molar-refractivity contribution in [1.29, 1.82) is 0 Å². The van der Waals surface area contributed by atoms with Crippen molar-refractivity contribution in [3.05, 3.63) is 0 Å². The van der Waals surface area contributed by atoms with Gasteiger partial charge in [-0.2, -0.15) is 0 Å². The van der Waals surface area contributed by atoms with Gasteiger partial charge >= 0.3 is 0 Å². The van der Waals surface area contributed by atoms with Gasteiger partial charge in [-0.25, -0.2) is 0 Å². The van der Waals surface area contributed by atoms with E-state index in [1.807, 2.05) is 0 Å². The fraction of sp³-hybridized carbons (Fsp3) is 0.900. The molecule has 1 fully saturated rings. The first-order valence-corrected chi connectivity index (χ1v) is 5.34. The lowest BCUT2D eigenvalue weighted by Crippen LogP contribution is -2.40. The zero-order valence-electron chi connectivity index (χ0n) is 9.42. The molecule has 14 heavy (non-hydrogen) atoms. The number of nitrogens with zero attached hydrogens (tertiary/aromatic N) is 2. The van der Waals surface area contributed by atoms with E-state index >= 15 is 0 Å². The quantitative estimate of drug-likeness (QED) is 0.698. The summed E-state index contributed by atoms with van der Waals surface area (Å²) in [5.74, 6) is 0.0607. The average Bonchev–Trinajstić information content (AvgIpc) is 2.46. The maximum absolute atomic E-state index is 10.7. The Hall–Kier alpha value is -0.610. The third-order valence-corrected chi connectivity index (χ3v) is 2.81. The van der Waals surface area contributed by atoms with Crippen molar-refractivity contribution in [2.24, 2.45) is 0 Å². The van der Waals surface area contributed by atoms with Gasteiger partial charge in [-0.1, -0.05) is 6.92 Å². The Bertz CT molecular complexity index is 196. The Morgan fingerprint density at radius 1 is 1.50 bits per heavy atom. The van der Waals surface area contributed by atoms with Crippen LogP contribution in [0.2, 0.25) is 0 Å². The van der Waals surface area contributed by atoms with Gasteiger partial charge in [0.15, 0.2) is 0 Å². The lowest BCUT2D eigenvalue weighted by Gasteiger charge is -2.26. The highest BCUT2D eigenvalue weighted by molar-refractivity contribution is 5.72. The van der Waals surface area contributed by atoms with E-state index in [4.69, 9.17) is 0 Å². The van der Waals surface area contributed by atoms with E-state index in [-0.39, 0.29) is 5.91 Å². The van der Waals surface area contributed by atoms with Gasteiger partial charge in [0.1, 0.15) is 0 Å². The van der Waals surface area contributed by atoms with Crippen molar-refractivity contribution in [1.82, 2.24) is 15.1 Å². The highest BCUT2D eigenvalue weighted by Gasteiger charge is 2.26. The van der Waals surface area contributed by atoms with Crippen LogP contribution in [0.4, 0.5) is 0 Å². The number of carbonyl (C=O) groups is 1. The zero-order valence-corrected chi connectivity index (χ0v) is 9.42. The Morgan fingerprint density at radius 2 is 2.21 bits per heavy atom. The fourth-order valence-corrected chi connectivity index (χ4v) is 2.07. The van der Waals surface area contributed by atoms with Crippen LogP contribution in [0.3, 0.4) is 0 Å². The Labute approximate surface area is 86.2 Å². The van der Waals surface area contributed by atoms with Crippen LogP contribution in [0.1, 0.15) is 20.3 Å². The molecule has 0 aromatic carbocycles. The number of nitrogens with one attached hydrogen (secondary N) is 1. The lowest BCUT2D eigenvalue weighted by atomic mass is 10.3. The van der Waals surface area contributed by atoms with Crippen molar-refractivity contribution >= 4 is 5.91 Å². The second-order valence-electron chi connectivity index (χ2n) is 3.89. The zero-order chi connectivity index (χ0) is 10.6. The van der Waals surface area contributed by atoms with Gasteiger partial charge in [-0.05, 0) is 13.5 Å². The number of hydrogen-bond acceptors (Lipinski definition) is 3. The molecule has 0 aromatic rings. The first-order chi connectivity index (χ1) is 6.65. The maximum atomic E-state index is 10.7. The van der Waals surface area contributed by atoms with E-state index in [9.17, 15) is 4.79 Å². The van der Waals surface area contributed by atoms with Crippen molar-refractivity contribution in [2.45, 2.75) is 26.4 Å². The van der Waals surface area contributed by atoms with Crippen LogP contribution in [0.15, 0.2) is 0 Å². The molecular formula is C10H21N3O. The molecule has 1 heterocycles. The summed E-state index contributed by atoms with van der Waals surface area (Å²) in [5, 5.41) is 2.83. The minimum Gasteiger partial charge on any atom is -0.355 e. The van der Waals surface area contributed by atoms with Gasteiger partial charge in [-0.3, -0.25) is 14.6 Å². The Kier molecular flexibility index (Phi) is 4.35. The van der Waals surface area contributed by atoms with Gasteiger partial charge in [0.25, 0.3) is 0 Å². The first-order valence-electron chi connectivity index (χ1n) is 5.34. The van der Waals surface area contributed by atoms with Gasteiger partial charge < -0.3 is 5.32 Å². The molecule has 82 valence electrons. The summed E-state index contributed by atoms with van der Waals surface area (Å²) in [4.78, 5) is 15.5. The summed E-state index contributed by atoms with van der Waals surface area (Å²) in [7, 11) is 2.16.